The zero-order valence-electron chi connectivity index (χ0n) is 9.89. The molecule has 0 spiro atoms. The van der Waals surface area contributed by atoms with Gasteiger partial charge in [-0.05, 0) is 19.3 Å². The van der Waals surface area contributed by atoms with E-state index in [4.69, 9.17) is 0 Å². The van der Waals surface area contributed by atoms with Crippen LogP contribution in [-0.4, -0.2) is 9.55 Å². The molecule has 0 N–H and O–H groups in total. The lowest BCUT2D eigenvalue weighted by atomic mass is 9.85. The summed E-state index contributed by atoms with van der Waals surface area (Å²) in [4.78, 5) is 4.40. The highest BCUT2D eigenvalue weighted by molar-refractivity contribution is 5.02. The Bertz CT molecular complexity index is 375. The molecule has 1 aromatic rings. The normalized spacial score (nSPS) is 25.2. The summed E-state index contributed by atoms with van der Waals surface area (Å²) in [6, 6.07) is 2.83. The topological polar surface area (TPSA) is 41.6 Å². The molecule has 0 radical (unpaired) electrons. The van der Waals surface area contributed by atoms with Gasteiger partial charge in [-0.1, -0.05) is 19.8 Å². The molecule has 1 aliphatic rings. The van der Waals surface area contributed by atoms with E-state index in [-0.39, 0.29) is 5.92 Å². The van der Waals surface area contributed by atoms with Crippen molar-refractivity contribution in [1.82, 2.24) is 9.55 Å². The van der Waals surface area contributed by atoms with Crippen LogP contribution in [0.15, 0.2) is 12.4 Å². The van der Waals surface area contributed by atoms with Gasteiger partial charge in [0.25, 0.3) is 0 Å². The van der Waals surface area contributed by atoms with Gasteiger partial charge in [0.2, 0.25) is 0 Å². The third-order valence-electron chi connectivity index (χ3n) is 3.48. The Labute approximate surface area is 97.1 Å². The van der Waals surface area contributed by atoms with Crippen LogP contribution in [0, 0.1) is 17.2 Å². The van der Waals surface area contributed by atoms with E-state index in [1.165, 1.54) is 12.8 Å². The SMILES string of the molecule is CCCc1nccn1C1CCCCC1C#N. The van der Waals surface area contributed by atoms with Gasteiger partial charge in [-0.15, -0.1) is 0 Å². The largest absolute Gasteiger partial charge is 0.331 e. The second-order valence-electron chi connectivity index (χ2n) is 4.59. The molecule has 1 saturated carbocycles. The summed E-state index contributed by atoms with van der Waals surface area (Å²) in [7, 11) is 0. The first-order valence-corrected chi connectivity index (χ1v) is 6.28. The Morgan fingerprint density at radius 2 is 2.31 bits per heavy atom. The van der Waals surface area contributed by atoms with Crippen LogP contribution in [0.5, 0.6) is 0 Å². The Kier molecular flexibility index (Phi) is 3.61. The molecule has 86 valence electrons. The van der Waals surface area contributed by atoms with Gasteiger partial charge in [0.1, 0.15) is 5.82 Å². The fourth-order valence-corrected chi connectivity index (χ4v) is 2.66. The van der Waals surface area contributed by atoms with Gasteiger partial charge in [-0.25, -0.2) is 4.98 Å². The summed E-state index contributed by atoms with van der Waals surface area (Å²) < 4.78 is 2.25. The predicted molar refractivity (Wildman–Crippen MR) is 62.8 cm³/mol. The number of aromatic nitrogens is 2. The molecule has 0 aromatic carbocycles. The van der Waals surface area contributed by atoms with E-state index in [0.29, 0.717) is 6.04 Å². The Morgan fingerprint density at radius 3 is 3.06 bits per heavy atom. The van der Waals surface area contributed by atoms with Gasteiger partial charge in [-0.2, -0.15) is 5.26 Å². The number of nitriles is 1. The standard InChI is InChI=1S/C13H19N3/c1-2-5-13-15-8-9-16(13)12-7-4-3-6-11(12)10-14/h8-9,11-12H,2-7H2,1H3. The fraction of sp³-hybridized carbons (Fsp3) is 0.692. The minimum absolute atomic E-state index is 0.179. The summed E-state index contributed by atoms with van der Waals surface area (Å²) in [6.45, 7) is 2.17. The molecule has 16 heavy (non-hydrogen) atoms. The first-order chi connectivity index (χ1) is 7.86. The lowest BCUT2D eigenvalue weighted by molar-refractivity contribution is 0.283. The molecule has 1 aromatic heterocycles. The summed E-state index contributed by atoms with van der Waals surface area (Å²) in [5.41, 5.74) is 0. The number of hydrogen-bond acceptors (Lipinski definition) is 2. The molecule has 0 amide bonds. The number of imidazole rings is 1. The van der Waals surface area contributed by atoms with Crippen LogP contribution < -0.4 is 0 Å². The van der Waals surface area contributed by atoms with E-state index in [0.717, 1.165) is 31.5 Å². The second-order valence-corrected chi connectivity index (χ2v) is 4.59. The molecule has 3 heteroatoms. The first-order valence-electron chi connectivity index (χ1n) is 6.28. The molecule has 0 bridgehead atoms. The summed E-state index contributed by atoms with van der Waals surface area (Å²) >= 11 is 0. The van der Waals surface area contributed by atoms with Crippen molar-refractivity contribution >= 4 is 0 Å². The number of rotatable bonds is 3. The highest BCUT2D eigenvalue weighted by Gasteiger charge is 2.27. The summed E-state index contributed by atoms with van der Waals surface area (Å²) in [5.74, 6) is 1.33. The van der Waals surface area contributed by atoms with Gasteiger partial charge in [-0.3, -0.25) is 0 Å². The molecule has 2 unspecified atom stereocenters. The molecule has 3 nitrogen and oxygen atoms in total. The molecule has 2 rings (SSSR count). The van der Waals surface area contributed by atoms with E-state index in [9.17, 15) is 5.26 Å². The van der Waals surface area contributed by atoms with Gasteiger partial charge in [0.05, 0.1) is 18.0 Å². The zero-order chi connectivity index (χ0) is 11.4. The molecule has 1 heterocycles. The van der Waals surface area contributed by atoms with Crippen LogP contribution in [0.2, 0.25) is 0 Å². The monoisotopic (exact) mass is 217 g/mol. The molecule has 1 aliphatic carbocycles. The van der Waals surface area contributed by atoms with Crippen LogP contribution in [0.1, 0.15) is 50.9 Å². The maximum atomic E-state index is 9.20. The minimum Gasteiger partial charge on any atom is -0.331 e. The molecule has 1 fully saturated rings. The van der Waals surface area contributed by atoms with Crippen molar-refractivity contribution in [2.24, 2.45) is 5.92 Å². The summed E-state index contributed by atoms with van der Waals surface area (Å²) in [5, 5.41) is 9.20. The third-order valence-corrected chi connectivity index (χ3v) is 3.48. The quantitative estimate of drug-likeness (QED) is 0.780. The molecule has 2 atom stereocenters. The number of nitrogens with zero attached hydrogens (tertiary/aromatic N) is 3. The smallest absolute Gasteiger partial charge is 0.108 e. The first kappa shape index (κ1) is 11.2. The average Bonchev–Trinajstić information content (AvgIpc) is 2.77. The van der Waals surface area contributed by atoms with Gasteiger partial charge >= 0.3 is 0 Å². The third kappa shape index (κ3) is 2.11. The lowest BCUT2D eigenvalue weighted by Gasteiger charge is -2.29. The van der Waals surface area contributed by atoms with Gasteiger partial charge < -0.3 is 4.57 Å². The predicted octanol–water partition coefficient (Wildman–Crippen LogP) is 3.09. The number of aryl methyl sites for hydroxylation is 1. The Balaban J connectivity index is 2.21. The zero-order valence-corrected chi connectivity index (χ0v) is 9.89. The lowest BCUT2D eigenvalue weighted by Crippen LogP contribution is -2.23. The maximum absolute atomic E-state index is 9.20. The van der Waals surface area contributed by atoms with Gasteiger partial charge in [0, 0.05) is 18.8 Å². The van der Waals surface area contributed by atoms with Crippen LogP contribution in [0.25, 0.3) is 0 Å². The van der Waals surface area contributed by atoms with Crippen LogP contribution in [-0.2, 0) is 6.42 Å². The minimum atomic E-state index is 0.179. The van der Waals surface area contributed by atoms with Crippen LogP contribution in [0.3, 0.4) is 0 Å². The van der Waals surface area contributed by atoms with Crippen LogP contribution >= 0.6 is 0 Å². The highest BCUT2D eigenvalue weighted by atomic mass is 15.1. The van der Waals surface area contributed by atoms with Crippen LogP contribution in [0.4, 0.5) is 0 Å². The Morgan fingerprint density at radius 1 is 1.50 bits per heavy atom. The van der Waals surface area contributed by atoms with E-state index < -0.39 is 0 Å². The molecule has 0 aliphatic heterocycles. The molecular formula is C13H19N3. The highest BCUT2D eigenvalue weighted by Crippen LogP contribution is 2.34. The molecular weight excluding hydrogens is 198 g/mol. The van der Waals surface area contributed by atoms with Crippen molar-refractivity contribution < 1.29 is 0 Å². The molecule has 0 saturated heterocycles. The van der Waals surface area contributed by atoms with E-state index in [2.05, 4.69) is 22.5 Å². The van der Waals surface area contributed by atoms with Crippen molar-refractivity contribution in [1.29, 1.82) is 5.26 Å². The maximum Gasteiger partial charge on any atom is 0.108 e. The number of hydrogen-bond donors (Lipinski definition) is 0. The summed E-state index contributed by atoms with van der Waals surface area (Å²) in [6.07, 6.45) is 10.7. The fourth-order valence-electron chi connectivity index (χ4n) is 2.66. The van der Waals surface area contributed by atoms with E-state index >= 15 is 0 Å². The van der Waals surface area contributed by atoms with Crippen molar-refractivity contribution in [3.05, 3.63) is 18.2 Å². The van der Waals surface area contributed by atoms with Crippen molar-refractivity contribution in [3.8, 4) is 6.07 Å². The van der Waals surface area contributed by atoms with Crippen molar-refractivity contribution in [2.45, 2.75) is 51.5 Å². The van der Waals surface area contributed by atoms with Crippen molar-refractivity contribution in [2.75, 3.05) is 0 Å². The van der Waals surface area contributed by atoms with E-state index in [1.54, 1.807) is 0 Å². The van der Waals surface area contributed by atoms with E-state index in [1.807, 2.05) is 12.4 Å². The van der Waals surface area contributed by atoms with Crippen molar-refractivity contribution in [3.63, 3.8) is 0 Å². The Hall–Kier alpha value is -1.30. The second kappa shape index (κ2) is 5.16. The van der Waals surface area contributed by atoms with Gasteiger partial charge in [0.15, 0.2) is 0 Å². The average molecular weight is 217 g/mol.